The quantitative estimate of drug-likeness (QED) is 0.232. The number of aliphatic hydroxyl groups is 1. The van der Waals surface area contributed by atoms with Gasteiger partial charge >= 0.3 is 33.7 Å². The molecular formula is C13H16F8O7S. The van der Waals surface area contributed by atoms with Gasteiger partial charge in [-0.3, -0.25) is 4.55 Å². The predicted molar refractivity (Wildman–Crippen MR) is 78.2 cm³/mol. The lowest BCUT2D eigenvalue weighted by molar-refractivity contribution is -0.394. The fraction of sp³-hybridized carbons (Fsp3) is 0.769. The number of carbonyl (C=O) groups is 1. The van der Waals surface area contributed by atoms with Crippen LogP contribution in [0.1, 0.15) is 13.8 Å². The molecule has 0 radical (unpaired) electrons. The van der Waals surface area contributed by atoms with Gasteiger partial charge in [-0.15, -0.1) is 0 Å². The summed E-state index contributed by atoms with van der Waals surface area (Å²) < 4.78 is 141. The molecular weight excluding hydrogens is 452 g/mol. The number of halogens is 8. The van der Waals surface area contributed by atoms with Crippen molar-refractivity contribution in [3.63, 3.8) is 0 Å². The molecule has 0 aliphatic heterocycles. The lowest BCUT2D eigenvalue weighted by Crippen LogP contribution is -2.66. The minimum atomic E-state index is -6.31. The van der Waals surface area contributed by atoms with E-state index in [1.54, 1.807) is 0 Å². The van der Waals surface area contributed by atoms with E-state index in [2.05, 4.69) is 16.1 Å². The third kappa shape index (κ3) is 6.23. The Labute approximate surface area is 159 Å². The summed E-state index contributed by atoms with van der Waals surface area (Å²) in [5.74, 6) is -3.70. The van der Waals surface area contributed by atoms with E-state index < -0.39 is 70.1 Å². The molecule has 0 aliphatic carbocycles. The predicted octanol–water partition coefficient (Wildman–Crippen LogP) is 2.46. The number of hydrogen-bond acceptors (Lipinski definition) is 6. The highest BCUT2D eigenvalue weighted by Crippen LogP contribution is 2.48. The van der Waals surface area contributed by atoms with Crippen LogP contribution in [0.4, 0.5) is 35.1 Å². The number of ether oxygens (including phenoxy) is 2. The summed E-state index contributed by atoms with van der Waals surface area (Å²) in [7, 11) is -5.89. The van der Waals surface area contributed by atoms with E-state index in [1.165, 1.54) is 0 Å². The van der Waals surface area contributed by atoms with Crippen molar-refractivity contribution >= 4 is 16.1 Å². The van der Waals surface area contributed by atoms with E-state index in [4.69, 9.17) is 4.55 Å². The number of carbonyl (C=O) groups excluding carboxylic acids is 1. The van der Waals surface area contributed by atoms with E-state index in [-0.39, 0.29) is 0 Å². The van der Waals surface area contributed by atoms with Gasteiger partial charge in [-0.2, -0.15) is 43.5 Å². The first-order chi connectivity index (χ1) is 12.6. The molecule has 0 heterocycles. The van der Waals surface area contributed by atoms with Crippen LogP contribution < -0.4 is 0 Å². The first kappa shape index (κ1) is 27.5. The topological polar surface area (TPSA) is 110 Å². The second-order valence-electron chi connectivity index (χ2n) is 6.04. The van der Waals surface area contributed by atoms with Gasteiger partial charge in [0, 0.05) is 0 Å². The van der Waals surface area contributed by atoms with Gasteiger partial charge in [0.1, 0.15) is 6.61 Å². The van der Waals surface area contributed by atoms with Crippen LogP contribution in [-0.4, -0.2) is 66.6 Å². The number of hydrogen-bond donors (Lipinski definition) is 2. The van der Waals surface area contributed by atoms with Crippen molar-refractivity contribution < 1.29 is 67.5 Å². The number of esters is 1. The summed E-state index contributed by atoms with van der Waals surface area (Å²) in [6.45, 7) is 1.08. The third-order valence-corrected chi connectivity index (χ3v) is 4.20. The van der Waals surface area contributed by atoms with Crippen LogP contribution >= 0.6 is 0 Å². The summed E-state index contributed by atoms with van der Waals surface area (Å²) >= 11 is 0. The summed E-state index contributed by atoms with van der Waals surface area (Å²) in [5, 5.41) is 4.52. The van der Waals surface area contributed by atoms with Crippen molar-refractivity contribution in [1.82, 2.24) is 0 Å². The summed E-state index contributed by atoms with van der Waals surface area (Å²) in [5.41, 5.74) is -6.53. The minimum absolute atomic E-state index is 0.770. The van der Waals surface area contributed by atoms with Crippen LogP contribution in [0.3, 0.4) is 0 Å². The monoisotopic (exact) mass is 468 g/mol. The molecule has 172 valence electrons. The van der Waals surface area contributed by atoms with E-state index in [0.717, 1.165) is 13.8 Å². The maximum Gasteiger partial charge on any atom is 0.430 e. The molecule has 0 aromatic rings. The Morgan fingerprint density at radius 3 is 1.76 bits per heavy atom. The van der Waals surface area contributed by atoms with Gasteiger partial charge in [-0.1, -0.05) is 20.4 Å². The second-order valence-corrected chi connectivity index (χ2v) is 7.59. The van der Waals surface area contributed by atoms with E-state index in [9.17, 15) is 53.4 Å². The van der Waals surface area contributed by atoms with Gasteiger partial charge in [0.05, 0.1) is 12.2 Å². The Morgan fingerprint density at radius 1 is 1.03 bits per heavy atom. The summed E-state index contributed by atoms with van der Waals surface area (Å²) in [6.07, 6.45) is -15.8. The molecule has 0 bridgehead atoms. The molecule has 0 fully saturated rings. The van der Waals surface area contributed by atoms with Crippen molar-refractivity contribution in [1.29, 1.82) is 0 Å². The molecule has 1 atom stereocenters. The normalized spacial score (nSPS) is 15.3. The summed E-state index contributed by atoms with van der Waals surface area (Å²) in [6, 6.07) is 0. The average Bonchev–Trinajstić information content (AvgIpc) is 2.47. The van der Waals surface area contributed by atoms with Crippen molar-refractivity contribution in [3.8, 4) is 0 Å². The van der Waals surface area contributed by atoms with Crippen LogP contribution in [0.2, 0.25) is 0 Å². The maximum atomic E-state index is 12.9. The molecule has 29 heavy (non-hydrogen) atoms. The number of rotatable bonds is 9. The van der Waals surface area contributed by atoms with Crippen LogP contribution in [0, 0.1) is 5.92 Å². The maximum absolute atomic E-state index is 12.9. The number of alkyl halides is 8. The first-order valence-corrected chi connectivity index (χ1v) is 8.70. The van der Waals surface area contributed by atoms with Crippen molar-refractivity contribution in [2.75, 3.05) is 13.2 Å². The molecule has 0 spiro atoms. The molecule has 1 unspecified atom stereocenters. The molecule has 2 N–H and O–H groups in total. The molecule has 0 saturated carbocycles. The average molecular weight is 468 g/mol. The van der Waals surface area contributed by atoms with Crippen molar-refractivity contribution in [3.05, 3.63) is 12.2 Å². The van der Waals surface area contributed by atoms with Gasteiger partial charge in [0.2, 0.25) is 0 Å². The molecule has 0 aromatic carbocycles. The first-order valence-electron chi connectivity index (χ1n) is 7.26. The third-order valence-electron chi connectivity index (χ3n) is 3.33. The Hall–Kier alpha value is -1.52. The largest absolute Gasteiger partial charge is 0.455 e. The van der Waals surface area contributed by atoms with Gasteiger partial charge < -0.3 is 14.6 Å². The fourth-order valence-electron chi connectivity index (χ4n) is 1.81. The molecule has 0 aliphatic rings. The molecule has 0 rings (SSSR count). The molecule has 0 amide bonds. The zero-order valence-electron chi connectivity index (χ0n) is 14.6. The van der Waals surface area contributed by atoms with Crippen LogP contribution in [-0.2, 0) is 24.4 Å². The zero-order chi connectivity index (χ0) is 23.6. The van der Waals surface area contributed by atoms with Gasteiger partial charge in [-0.05, 0) is 5.92 Å². The second kappa shape index (κ2) is 8.69. The van der Waals surface area contributed by atoms with E-state index >= 15 is 0 Å². The van der Waals surface area contributed by atoms with E-state index in [1.807, 2.05) is 0 Å². The highest BCUT2D eigenvalue weighted by atomic mass is 32.2. The Balaban J connectivity index is 5.42. The van der Waals surface area contributed by atoms with Crippen molar-refractivity contribution in [2.24, 2.45) is 5.92 Å². The molecule has 16 heteroatoms. The van der Waals surface area contributed by atoms with Gasteiger partial charge in [0.15, 0.2) is 6.10 Å². The summed E-state index contributed by atoms with van der Waals surface area (Å²) in [4.78, 5) is 11.7. The Bertz CT molecular complexity index is 698. The minimum Gasteiger partial charge on any atom is -0.455 e. The van der Waals surface area contributed by atoms with Crippen LogP contribution in [0.25, 0.3) is 0 Å². The standard InChI is InChI=1S/C13H16F8O7S/c1-6(2)8(11(23,12(16,17)18)13(19,20)21)28-9(22)7(3)4-27-5-10(14,15)29(24,25)26/h6,8,23H,3-5H2,1-2H3,(H,24,25,26). The Kier molecular flexibility index (Phi) is 8.23. The van der Waals surface area contributed by atoms with Crippen LogP contribution in [0.5, 0.6) is 0 Å². The van der Waals surface area contributed by atoms with Crippen LogP contribution in [0.15, 0.2) is 12.2 Å². The van der Waals surface area contributed by atoms with Gasteiger partial charge in [-0.25, -0.2) is 4.79 Å². The fourth-order valence-corrected chi connectivity index (χ4v) is 2.04. The highest BCUT2D eigenvalue weighted by Gasteiger charge is 2.76. The lowest BCUT2D eigenvalue weighted by Gasteiger charge is -2.39. The molecule has 7 nitrogen and oxygen atoms in total. The van der Waals surface area contributed by atoms with E-state index in [0.29, 0.717) is 0 Å². The van der Waals surface area contributed by atoms with Gasteiger partial charge in [0.25, 0.3) is 5.60 Å². The highest BCUT2D eigenvalue weighted by molar-refractivity contribution is 7.86. The van der Waals surface area contributed by atoms with Crippen molar-refractivity contribution in [2.45, 2.75) is 43.2 Å². The molecule has 0 saturated heterocycles. The SMILES string of the molecule is C=C(COCC(F)(F)S(=O)(=O)O)C(=O)OC(C(C)C)C(O)(C(F)(F)F)C(F)(F)F. The lowest BCUT2D eigenvalue weighted by atomic mass is 9.87. The Morgan fingerprint density at radius 2 is 1.45 bits per heavy atom. The molecule has 0 aromatic heterocycles. The smallest absolute Gasteiger partial charge is 0.430 e. The zero-order valence-corrected chi connectivity index (χ0v) is 15.5.